The van der Waals surface area contributed by atoms with Crippen molar-refractivity contribution in [1.29, 1.82) is 0 Å². The van der Waals surface area contributed by atoms with Crippen LogP contribution >= 0.6 is 0 Å². The van der Waals surface area contributed by atoms with E-state index in [0.717, 1.165) is 19.1 Å². The molecule has 0 spiro atoms. The molecule has 12 heavy (non-hydrogen) atoms. The standard InChI is InChI=1S/C11H16O/c1-10(6-5-9-12)11-7-3-2-4-8-11/h2-3,7,9-10H,4-6,8H2,1H3. The van der Waals surface area contributed by atoms with Crippen LogP contribution in [-0.4, -0.2) is 6.29 Å². The van der Waals surface area contributed by atoms with E-state index in [1.807, 2.05) is 0 Å². The van der Waals surface area contributed by atoms with Gasteiger partial charge in [0.25, 0.3) is 0 Å². The van der Waals surface area contributed by atoms with Gasteiger partial charge in [-0.3, -0.25) is 0 Å². The van der Waals surface area contributed by atoms with E-state index < -0.39 is 0 Å². The summed E-state index contributed by atoms with van der Waals surface area (Å²) >= 11 is 0. The highest BCUT2D eigenvalue weighted by atomic mass is 16.1. The van der Waals surface area contributed by atoms with E-state index >= 15 is 0 Å². The molecule has 1 aliphatic rings. The maximum absolute atomic E-state index is 10.2. The zero-order chi connectivity index (χ0) is 8.81. The van der Waals surface area contributed by atoms with E-state index in [-0.39, 0.29) is 0 Å². The number of carbonyl (C=O) groups excluding carboxylic acids is 1. The second-order valence-electron chi connectivity index (χ2n) is 3.35. The van der Waals surface area contributed by atoms with E-state index in [1.165, 1.54) is 12.0 Å². The maximum atomic E-state index is 10.2. The smallest absolute Gasteiger partial charge is 0.120 e. The lowest BCUT2D eigenvalue weighted by Gasteiger charge is -2.15. The Labute approximate surface area is 74.2 Å². The average Bonchev–Trinajstić information content (AvgIpc) is 2.15. The molecule has 66 valence electrons. The Hall–Kier alpha value is -0.850. The van der Waals surface area contributed by atoms with Gasteiger partial charge < -0.3 is 4.79 Å². The van der Waals surface area contributed by atoms with E-state index in [0.29, 0.717) is 12.3 Å². The molecule has 0 amide bonds. The third-order valence-corrected chi connectivity index (χ3v) is 2.40. The number of allylic oxidation sites excluding steroid dienone is 4. The summed E-state index contributed by atoms with van der Waals surface area (Å²) in [6.07, 6.45) is 11.6. The SMILES string of the molecule is CC(CCC=O)C1=CC=CCC1. The molecule has 1 heteroatoms. The molecular weight excluding hydrogens is 148 g/mol. The zero-order valence-corrected chi connectivity index (χ0v) is 7.62. The van der Waals surface area contributed by atoms with Crippen LogP contribution in [0.5, 0.6) is 0 Å². The van der Waals surface area contributed by atoms with Crippen LogP contribution in [0, 0.1) is 5.92 Å². The minimum absolute atomic E-state index is 0.583. The largest absolute Gasteiger partial charge is 0.303 e. The van der Waals surface area contributed by atoms with Crippen molar-refractivity contribution in [3.05, 3.63) is 23.8 Å². The van der Waals surface area contributed by atoms with Gasteiger partial charge in [0.15, 0.2) is 0 Å². The number of hydrogen-bond acceptors (Lipinski definition) is 1. The Bertz CT molecular complexity index is 201. The molecule has 0 aromatic carbocycles. The van der Waals surface area contributed by atoms with Gasteiger partial charge in [-0.2, -0.15) is 0 Å². The molecule has 0 N–H and O–H groups in total. The van der Waals surface area contributed by atoms with Gasteiger partial charge in [0, 0.05) is 6.42 Å². The fraction of sp³-hybridized carbons (Fsp3) is 0.545. The van der Waals surface area contributed by atoms with Crippen molar-refractivity contribution in [2.75, 3.05) is 0 Å². The van der Waals surface area contributed by atoms with E-state index in [2.05, 4.69) is 25.2 Å². The van der Waals surface area contributed by atoms with Crippen molar-refractivity contribution in [3.63, 3.8) is 0 Å². The summed E-state index contributed by atoms with van der Waals surface area (Å²) in [6, 6.07) is 0. The van der Waals surface area contributed by atoms with Gasteiger partial charge in [0.2, 0.25) is 0 Å². The molecule has 0 fully saturated rings. The molecule has 0 saturated carbocycles. The van der Waals surface area contributed by atoms with Crippen LogP contribution in [0.25, 0.3) is 0 Å². The summed E-state index contributed by atoms with van der Waals surface area (Å²) in [7, 11) is 0. The number of rotatable bonds is 4. The average molecular weight is 164 g/mol. The van der Waals surface area contributed by atoms with Crippen LogP contribution in [0.15, 0.2) is 23.8 Å². The van der Waals surface area contributed by atoms with Crippen molar-refractivity contribution in [2.24, 2.45) is 5.92 Å². The Balaban J connectivity index is 2.39. The van der Waals surface area contributed by atoms with Crippen LogP contribution in [0.1, 0.15) is 32.6 Å². The Morgan fingerprint density at radius 3 is 3.08 bits per heavy atom. The summed E-state index contributed by atoms with van der Waals surface area (Å²) in [5.74, 6) is 0.583. The fourth-order valence-electron chi connectivity index (χ4n) is 1.54. The van der Waals surface area contributed by atoms with E-state index in [1.54, 1.807) is 0 Å². The zero-order valence-electron chi connectivity index (χ0n) is 7.62. The van der Waals surface area contributed by atoms with Gasteiger partial charge in [0.05, 0.1) is 0 Å². The van der Waals surface area contributed by atoms with Gasteiger partial charge in [-0.05, 0) is 25.2 Å². The summed E-state index contributed by atoms with van der Waals surface area (Å²) in [5.41, 5.74) is 1.50. The molecule has 0 radical (unpaired) electrons. The van der Waals surface area contributed by atoms with Crippen molar-refractivity contribution < 1.29 is 4.79 Å². The first-order valence-electron chi connectivity index (χ1n) is 4.64. The van der Waals surface area contributed by atoms with Crippen molar-refractivity contribution in [2.45, 2.75) is 32.6 Å². The Morgan fingerprint density at radius 1 is 1.67 bits per heavy atom. The van der Waals surface area contributed by atoms with Crippen LogP contribution in [-0.2, 0) is 4.79 Å². The van der Waals surface area contributed by atoms with Crippen LogP contribution in [0.2, 0.25) is 0 Å². The molecule has 1 nitrogen and oxygen atoms in total. The molecule has 0 aliphatic heterocycles. The quantitative estimate of drug-likeness (QED) is 0.584. The second-order valence-corrected chi connectivity index (χ2v) is 3.35. The lowest BCUT2D eigenvalue weighted by atomic mass is 9.90. The molecule has 0 aromatic heterocycles. The topological polar surface area (TPSA) is 17.1 Å². The summed E-state index contributed by atoms with van der Waals surface area (Å²) < 4.78 is 0. The third kappa shape index (κ3) is 2.65. The van der Waals surface area contributed by atoms with Gasteiger partial charge in [0.1, 0.15) is 6.29 Å². The predicted octanol–water partition coefficient (Wildman–Crippen LogP) is 2.88. The Morgan fingerprint density at radius 2 is 2.50 bits per heavy atom. The van der Waals surface area contributed by atoms with Crippen LogP contribution < -0.4 is 0 Å². The van der Waals surface area contributed by atoms with Gasteiger partial charge >= 0.3 is 0 Å². The number of hydrogen-bond donors (Lipinski definition) is 0. The molecule has 0 heterocycles. The van der Waals surface area contributed by atoms with E-state index in [9.17, 15) is 4.79 Å². The first-order chi connectivity index (χ1) is 5.84. The summed E-state index contributed by atoms with van der Waals surface area (Å²) in [4.78, 5) is 10.2. The highest BCUT2D eigenvalue weighted by Gasteiger charge is 2.08. The van der Waals surface area contributed by atoms with Crippen molar-refractivity contribution >= 4 is 6.29 Å². The Kier molecular flexibility index (Phi) is 3.78. The van der Waals surface area contributed by atoms with Crippen LogP contribution in [0.4, 0.5) is 0 Å². The molecule has 1 rings (SSSR count). The maximum Gasteiger partial charge on any atom is 0.120 e. The summed E-state index contributed by atoms with van der Waals surface area (Å²) in [6.45, 7) is 2.20. The minimum atomic E-state index is 0.583. The minimum Gasteiger partial charge on any atom is -0.303 e. The number of carbonyl (C=O) groups is 1. The molecule has 0 aromatic rings. The lowest BCUT2D eigenvalue weighted by Crippen LogP contribution is -2.01. The molecule has 1 aliphatic carbocycles. The van der Waals surface area contributed by atoms with Gasteiger partial charge in [-0.15, -0.1) is 0 Å². The molecular formula is C11H16O. The molecule has 0 saturated heterocycles. The highest BCUT2D eigenvalue weighted by molar-refractivity contribution is 5.49. The molecule has 0 bridgehead atoms. The predicted molar refractivity (Wildman–Crippen MR) is 50.9 cm³/mol. The monoisotopic (exact) mass is 164 g/mol. The van der Waals surface area contributed by atoms with Crippen molar-refractivity contribution in [3.8, 4) is 0 Å². The van der Waals surface area contributed by atoms with Crippen LogP contribution in [0.3, 0.4) is 0 Å². The first kappa shape index (κ1) is 9.24. The first-order valence-corrected chi connectivity index (χ1v) is 4.64. The van der Waals surface area contributed by atoms with Gasteiger partial charge in [-0.1, -0.05) is 30.7 Å². The second kappa shape index (κ2) is 4.91. The van der Waals surface area contributed by atoms with E-state index in [4.69, 9.17) is 0 Å². The van der Waals surface area contributed by atoms with Crippen molar-refractivity contribution in [1.82, 2.24) is 0 Å². The normalized spacial score (nSPS) is 18.6. The fourth-order valence-corrected chi connectivity index (χ4v) is 1.54. The molecule has 1 unspecified atom stereocenters. The third-order valence-electron chi connectivity index (χ3n) is 2.40. The lowest BCUT2D eigenvalue weighted by molar-refractivity contribution is -0.108. The highest BCUT2D eigenvalue weighted by Crippen LogP contribution is 2.23. The molecule has 1 atom stereocenters. The summed E-state index contributed by atoms with van der Waals surface area (Å²) in [5, 5.41) is 0. The van der Waals surface area contributed by atoms with Gasteiger partial charge in [-0.25, -0.2) is 0 Å². The number of aldehydes is 1.